The monoisotopic (exact) mass is 297 g/mol. The molecule has 4 nitrogen and oxygen atoms in total. The van der Waals surface area contributed by atoms with Crippen molar-refractivity contribution in [2.75, 3.05) is 6.61 Å². The van der Waals surface area contributed by atoms with Crippen molar-refractivity contribution in [1.29, 1.82) is 0 Å². The van der Waals surface area contributed by atoms with Crippen molar-refractivity contribution in [3.8, 4) is 0 Å². The highest BCUT2D eigenvalue weighted by molar-refractivity contribution is 6.34. The molecule has 0 saturated carbocycles. The highest BCUT2D eigenvalue weighted by Gasteiger charge is 2.15. The van der Waals surface area contributed by atoms with Gasteiger partial charge in [-0.3, -0.25) is 9.78 Å². The van der Waals surface area contributed by atoms with Crippen molar-refractivity contribution in [3.05, 3.63) is 65.5 Å². The summed E-state index contributed by atoms with van der Waals surface area (Å²) in [5, 5.41) is 0. The molecule has 114 valence electrons. The number of ketones is 1. The summed E-state index contributed by atoms with van der Waals surface area (Å²) < 4.78 is 4.67. The van der Waals surface area contributed by atoms with Crippen LogP contribution in [0.25, 0.3) is 0 Å². The maximum Gasteiger partial charge on any atom is 0.375 e. The number of esters is 1. The van der Waals surface area contributed by atoms with Gasteiger partial charge < -0.3 is 4.74 Å². The largest absolute Gasteiger partial charge is 0.460 e. The predicted octanol–water partition coefficient (Wildman–Crippen LogP) is 2.54. The number of hydrogen-bond donors (Lipinski definition) is 0. The minimum Gasteiger partial charge on any atom is -0.460 e. The maximum absolute atomic E-state index is 11.6. The third-order valence-corrected chi connectivity index (χ3v) is 3.28. The van der Waals surface area contributed by atoms with Gasteiger partial charge in [0.05, 0.1) is 13.0 Å². The van der Waals surface area contributed by atoms with Crippen LogP contribution in [0.2, 0.25) is 0 Å². The Bertz CT molecular complexity index is 621. The quantitative estimate of drug-likeness (QED) is 0.582. The number of rotatable bonds is 7. The molecule has 1 aromatic heterocycles. The molecular weight excluding hydrogens is 278 g/mol. The molecule has 0 amide bonds. The molecule has 0 aliphatic heterocycles. The molecule has 4 heteroatoms. The van der Waals surface area contributed by atoms with Gasteiger partial charge in [-0.15, -0.1) is 0 Å². The van der Waals surface area contributed by atoms with Gasteiger partial charge in [0.25, 0.3) is 0 Å². The van der Waals surface area contributed by atoms with Crippen LogP contribution in [0.15, 0.2) is 48.7 Å². The van der Waals surface area contributed by atoms with E-state index in [-0.39, 0.29) is 13.0 Å². The van der Waals surface area contributed by atoms with Crippen molar-refractivity contribution in [2.45, 2.75) is 26.2 Å². The zero-order chi connectivity index (χ0) is 15.8. The third kappa shape index (κ3) is 4.81. The number of ether oxygens (including phenoxy) is 1. The van der Waals surface area contributed by atoms with Crippen molar-refractivity contribution >= 4 is 11.8 Å². The first kappa shape index (κ1) is 15.9. The molecule has 0 radical (unpaired) electrons. The summed E-state index contributed by atoms with van der Waals surface area (Å²) in [6.45, 7) is 1.88. The Balaban J connectivity index is 1.87. The summed E-state index contributed by atoms with van der Waals surface area (Å²) in [7, 11) is 0. The Morgan fingerprint density at radius 2 is 1.73 bits per heavy atom. The van der Waals surface area contributed by atoms with Gasteiger partial charge in [-0.05, 0) is 37.0 Å². The number of aryl methyl sites for hydroxylation is 2. The first-order chi connectivity index (χ1) is 10.7. The summed E-state index contributed by atoms with van der Waals surface area (Å²) in [6, 6.07) is 14.0. The molecule has 0 spiro atoms. The molecule has 22 heavy (non-hydrogen) atoms. The molecule has 2 rings (SSSR count). The fraction of sp³-hybridized carbons (Fsp3) is 0.278. The highest BCUT2D eigenvalue weighted by atomic mass is 16.5. The molecule has 2 aromatic rings. The van der Waals surface area contributed by atoms with E-state index >= 15 is 0 Å². The summed E-state index contributed by atoms with van der Waals surface area (Å²) >= 11 is 0. The van der Waals surface area contributed by atoms with E-state index in [2.05, 4.69) is 21.9 Å². The van der Waals surface area contributed by atoms with Crippen molar-refractivity contribution in [3.63, 3.8) is 0 Å². The number of aromatic nitrogens is 1. The molecule has 0 bridgehead atoms. The summed E-state index contributed by atoms with van der Waals surface area (Å²) in [5.74, 6) is -1.36. The topological polar surface area (TPSA) is 56.3 Å². The molecule has 0 atom stereocenters. The van der Waals surface area contributed by atoms with E-state index < -0.39 is 11.8 Å². The lowest BCUT2D eigenvalue weighted by Gasteiger charge is -2.04. The van der Waals surface area contributed by atoms with Crippen LogP contribution in [0.3, 0.4) is 0 Å². The van der Waals surface area contributed by atoms with Crippen LogP contribution in [0.1, 0.15) is 23.7 Å². The molecule has 1 aromatic carbocycles. The van der Waals surface area contributed by atoms with E-state index in [1.165, 1.54) is 5.56 Å². The molecule has 0 aliphatic rings. The van der Waals surface area contributed by atoms with E-state index in [4.69, 9.17) is 0 Å². The number of nitrogens with zero attached hydrogens (tertiary/aromatic N) is 1. The van der Waals surface area contributed by atoms with Gasteiger partial charge in [0.1, 0.15) is 0 Å². The molecule has 0 unspecified atom stereocenters. The number of pyridine rings is 1. The molecule has 0 fully saturated rings. The highest BCUT2D eigenvalue weighted by Crippen LogP contribution is 2.08. The van der Waals surface area contributed by atoms with Gasteiger partial charge in [0, 0.05) is 11.9 Å². The second-order valence-electron chi connectivity index (χ2n) is 4.96. The van der Waals surface area contributed by atoms with Gasteiger partial charge in [-0.25, -0.2) is 4.79 Å². The molecule has 0 saturated heterocycles. The summed E-state index contributed by atoms with van der Waals surface area (Å²) in [5.41, 5.74) is 2.97. The third-order valence-electron chi connectivity index (χ3n) is 3.28. The van der Waals surface area contributed by atoms with E-state index in [0.717, 1.165) is 18.4 Å². The minimum absolute atomic E-state index is 0.0161. The summed E-state index contributed by atoms with van der Waals surface area (Å²) in [6.07, 6.45) is 3.58. The van der Waals surface area contributed by atoms with E-state index in [0.29, 0.717) is 5.69 Å². The van der Waals surface area contributed by atoms with E-state index in [1.807, 2.05) is 24.3 Å². The van der Waals surface area contributed by atoms with E-state index in [9.17, 15) is 9.59 Å². The van der Waals surface area contributed by atoms with Crippen LogP contribution in [0.5, 0.6) is 0 Å². The average Bonchev–Trinajstić information content (AvgIpc) is 2.55. The van der Waals surface area contributed by atoms with Crippen molar-refractivity contribution in [1.82, 2.24) is 4.98 Å². The smallest absolute Gasteiger partial charge is 0.375 e. The summed E-state index contributed by atoms with van der Waals surface area (Å²) in [4.78, 5) is 27.1. The minimum atomic E-state index is -0.794. The lowest BCUT2D eigenvalue weighted by atomic mass is 10.1. The second kappa shape index (κ2) is 8.08. The number of carbonyl (C=O) groups excluding carboxylic acids is 2. The van der Waals surface area contributed by atoms with Crippen molar-refractivity contribution in [2.24, 2.45) is 0 Å². The first-order valence-electron chi connectivity index (χ1n) is 7.36. The Morgan fingerprint density at radius 1 is 1.00 bits per heavy atom. The van der Waals surface area contributed by atoms with Gasteiger partial charge in [0.15, 0.2) is 0 Å². The first-order valence-corrected chi connectivity index (χ1v) is 7.36. The molecule has 1 heterocycles. The zero-order valence-electron chi connectivity index (χ0n) is 12.6. The zero-order valence-corrected chi connectivity index (χ0v) is 12.6. The normalized spacial score (nSPS) is 10.2. The maximum atomic E-state index is 11.6. The number of benzene rings is 1. The lowest BCUT2D eigenvalue weighted by Crippen LogP contribution is -2.19. The fourth-order valence-corrected chi connectivity index (χ4v) is 2.09. The number of Topliss-reactive ketones (excluding diaryl/α,β-unsaturated/α-hetero) is 1. The molecule has 0 N–H and O–H groups in total. The van der Waals surface area contributed by atoms with Gasteiger partial charge in [-0.1, -0.05) is 36.4 Å². The Kier molecular flexibility index (Phi) is 5.83. The van der Waals surface area contributed by atoms with Crippen LogP contribution in [0.4, 0.5) is 0 Å². The standard InChI is InChI=1S/C18H19NO3/c1-2-22-18(21)17(20)12-16-11-10-15(13-19-16)9-8-14-6-4-3-5-7-14/h3-7,10-11,13H,2,8-9,12H2,1H3. The Morgan fingerprint density at radius 3 is 2.36 bits per heavy atom. The van der Waals surface area contributed by atoms with Gasteiger partial charge in [-0.2, -0.15) is 0 Å². The predicted molar refractivity (Wildman–Crippen MR) is 83.4 cm³/mol. The van der Waals surface area contributed by atoms with Crippen LogP contribution < -0.4 is 0 Å². The van der Waals surface area contributed by atoms with Gasteiger partial charge >= 0.3 is 5.97 Å². The van der Waals surface area contributed by atoms with Crippen LogP contribution in [0, 0.1) is 0 Å². The van der Waals surface area contributed by atoms with Crippen LogP contribution in [-0.4, -0.2) is 23.3 Å². The Labute approximate surface area is 130 Å². The Hall–Kier alpha value is -2.49. The van der Waals surface area contributed by atoms with Crippen molar-refractivity contribution < 1.29 is 14.3 Å². The number of hydrogen-bond acceptors (Lipinski definition) is 4. The second-order valence-corrected chi connectivity index (χ2v) is 4.96. The van der Waals surface area contributed by atoms with Crippen LogP contribution in [-0.2, 0) is 33.6 Å². The number of carbonyl (C=O) groups is 2. The van der Waals surface area contributed by atoms with E-state index in [1.54, 1.807) is 19.2 Å². The van der Waals surface area contributed by atoms with Crippen LogP contribution >= 0.6 is 0 Å². The SMILES string of the molecule is CCOC(=O)C(=O)Cc1ccc(CCc2ccccc2)cn1. The average molecular weight is 297 g/mol. The lowest BCUT2D eigenvalue weighted by molar-refractivity contribution is -0.153. The fourth-order valence-electron chi connectivity index (χ4n) is 2.09. The van der Waals surface area contributed by atoms with Gasteiger partial charge in [0.2, 0.25) is 5.78 Å². The molecule has 0 aliphatic carbocycles. The molecular formula is C18H19NO3.